The van der Waals surface area contributed by atoms with Gasteiger partial charge in [-0.2, -0.15) is 0 Å². The highest BCUT2D eigenvalue weighted by atomic mass is 17.2. The quantitative estimate of drug-likeness (QED) is 0.591. The van der Waals surface area contributed by atoms with Gasteiger partial charge in [0.15, 0.2) is 12.2 Å². The van der Waals surface area contributed by atoms with Gasteiger partial charge in [-0.25, -0.2) is 9.78 Å². The molecular weight excluding hydrogens is 276 g/mol. The van der Waals surface area contributed by atoms with E-state index in [1.54, 1.807) is 12.1 Å². The van der Waals surface area contributed by atoms with Crippen LogP contribution in [0.15, 0.2) is 42.5 Å². The van der Waals surface area contributed by atoms with Crippen molar-refractivity contribution in [2.45, 2.75) is 12.2 Å². The number of phenols is 3. The number of aromatic hydroxyl groups is 3. The fourth-order valence-electron chi connectivity index (χ4n) is 2.12. The molecule has 21 heavy (non-hydrogen) atoms. The van der Waals surface area contributed by atoms with Gasteiger partial charge >= 0.3 is 0 Å². The number of rotatable bonds is 3. The smallest absolute Gasteiger partial charge is 0.201 e. The fraction of sp³-hybridized carbons (Fsp3) is 0.133. The van der Waals surface area contributed by atoms with Gasteiger partial charge in [0.1, 0.15) is 17.2 Å². The van der Waals surface area contributed by atoms with Crippen LogP contribution >= 0.6 is 0 Å². The van der Waals surface area contributed by atoms with Crippen LogP contribution in [0.5, 0.6) is 17.2 Å². The molecule has 1 fully saturated rings. The summed E-state index contributed by atoms with van der Waals surface area (Å²) in [5.41, 5.74) is 0.723. The molecule has 1 heterocycles. The first-order chi connectivity index (χ1) is 10.1. The molecule has 0 amide bonds. The third-order valence-corrected chi connectivity index (χ3v) is 3.26. The van der Waals surface area contributed by atoms with Crippen molar-refractivity contribution >= 4 is 5.78 Å². The lowest BCUT2D eigenvalue weighted by atomic mass is 9.95. The molecule has 0 aliphatic carbocycles. The van der Waals surface area contributed by atoms with Crippen molar-refractivity contribution < 1.29 is 29.9 Å². The summed E-state index contributed by atoms with van der Waals surface area (Å²) in [6.45, 7) is 0. The number of hydrogen-bond acceptors (Lipinski definition) is 6. The van der Waals surface area contributed by atoms with Gasteiger partial charge in [0.2, 0.25) is 5.78 Å². The van der Waals surface area contributed by atoms with E-state index >= 15 is 0 Å². The van der Waals surface area contributed by atoms with E-state index in [1.807, 2.05) is 0 Å². The van der Waals surface area contributed by atoms with E-state index in [0.717, 1.165) is 6.07 Å². The molecule has 2 unspecified atom stereocenters. The first-order valence-corrected chi connectivity index (χ1v) is 6.23. The second kappa shape index (κ2) is 5.08. The molecule has 108 valence electrons. The Balaban J connectivity index is 1.83. The van der Waals surface area contributed by atoms with Crippen molar-refractivity contribution in [2.75, 3.05) is 0 Å². The number of phenolic OH excluding ortho intramolecular Hbond substituents is 3. The zero-order chi connectivity index (χ0) is 15.0. The topological polar surface area (TPSA) is 96.2 Å². The van der Waals surface area contributed by atoms with Crippen molar-refractivity contribution in [3.63, 3.8) is 0 Å². The lowest BCUT2D eigenvalue weighted by Crippen LogP contribution is -2.42. The second-order valence-electron chi connectivity index (χ2n) is 4.69. The van der Waals surface area contributed by atoms with Gasteiger partial charge in [-0.15, -0.1) is 0 Å². The molecule has 0 saturated carbocycles. The normalized spacial score (nSPS) is 20.8. The van der Waals surface area contributed by atoms with Gasteiger partial charge < -0.3 is 15.3 Å². The molecule has 6 nitrogen and oxygen atoms in total. The Morgan fingerprint density at radius 2 is 1.57 bits per heavy atom. The summed E-state index contributed by atoms with van der Waals surface area (Å²) >= 11 is 0. The average Bonchev–Trinajstić information content (AvgIpc) is 2.40. The highest BCUT2D eigenvalue weighted by Crippen LogP contribution is 2.37. The maximum atomic E-state index is 12.3. The lowest BCUT2D eigenvalue weighted by molar-refractivity contribution is -0.453. The minimum absolute atomic E-state index is 0.0462. The van der Waals surface area contributed by atoms with Crippen molar-refractivity contribution in [1.29, 1.82) is 0 Å². The van der Waals surface area contributed by atoms with Crippen LogP contribution in [0.25, 0.3) is 0 Å². The third-order valence-electron chi connectivity index (χ3n) is 3.26. The highest BCUT2D eigenvalue weighted by Gasteiger charge is 2.43. The van der Waals surface area contributed by atoms with E-state index < -0.39 is 18.0 Å². The van der Waals surface area contributed by atoms with E-state index in [0.29, 0.717) is 5.56 Å². The van der Waals surface area contributed by atoms with E-state index in [1.165, 1.54) is 24.3 Å². The van der Waals surface area contributed by atoms with Gasteiger partial charge in [0.25, 0.3) is 0 Å². The Morgan fingerprint density at radius 1 is 0.905 bits per heavy atom. The van der Waals surface area contributed by atoms with E-state index in [4.69, 9.17) is 9.78 Å². The maximum Gasteiger partial charge on any atom is 0.201 e. The van der Waals surface area contributed by atoms with Crippen LogP contribution < -0.4 is 0 Å². The molecule has 0 bridgehead atoms. The van der Waals surface area contributed by atoms with Crippen LogP contribution in [0.4, 0.5) is 0 Å². The Morgan fingerprint density at radius 3 is 2.14 bits per heavy atom. The molecule has 1 saturated heterocycles. The van der Waals surface area contributed by atoms with Crippen LogP contribution in [0, 0.1) is 0 Å². The second-order valence-corrected chi connectivity index (χ2v) is 4.69. The van der Waals surface area contributed by atoms with Crippen molar-refractivity contribution in [1.82, 2.24) is 0 Å². The summed E-state index contributed by atoms with van der Waals surface area (Å²) in [7, 11) is 0. The van der Waals surface area contributed by atoms with Gasteiger partial charge in [-0.1, -0.05) is 12.1 Å². The number of benzene rings is 2. The van der Waals surface area contributed by atoms with Gasteiger partial charge in [-0.3, -0.25) is 4.79 Å². The molecule has 2 aromatic carbocycles. The minimum Gasteiger partial charge on any atom is -0.508 e. The summed E-state index contributed by atoms with van der Waals surface area (Å²) < 4.78 is 0. The van der Waals surface area contributed by atoms with Gasteiger partial charge in [-0.05, 0) is 29.8 Å². The molecule has 3 rings (SSSR count). The Bertz CT molecular complexity index is 679. The van der Waals surface area contributed by atoms with Crippen LogP contribution in [-0.4, -0.2) is 27.2 Å². The van der Waals surface area contributed by atoms with Gasteiger partial charge in [0.05, 0.1) is 5.56 Å². The zero-order valence-electron chi connectivity index (χ0n) is 10.8. The highest BCUT2D eigenvalue weighted by molar-refractivity contribution is 6.02. The summed E-state index contributed by atoms with van der Waals surface area (Å²) in [6, 6.07) is 9.93. The largest absolute Gasteiger partial charge is 0.508 e. The minimum atomic E-state index is -0.884. The lowest BCUT2D eigenvalue weighted by Gasteiger charge is -2.33. The average molecular weight is 288 g/mol. The molecule has 3 N–H and O–H groups in total. The Labute approximate surface area is 119 Å². The Kier molecular flexibility index (Phi) is 3.25. The predicted molar refractivity (Wildman–Crippen MR) is 70.9 cm³/mol. The third kappa shape index (κ3) is 2.42. The molecule has 0 radical (unpaired) electrons. The van der Waals surface area contributed by atoms with Gasteiger partial charge in [0, 0.05) is 6.07 Å². The summed E-state index contributed by atoms with van der Waals surface area (Å²) in [4.78, 5) is 22.1. The zero-order valence-corrected chi connectivity index (χ0v) is 10.8. The fourth-order valence-corrected chi connectivity index (χ4v) is 2.12. The van der Waals surface area contributed by atoms with E-state index in [2.05, 4.69) is 0 Å². The first kappa shape index (κ1) is 13.4. The molecule has 1 aliphatic heterocycles. The number of carbonyl (C=O) groups excluding carboxylic acids is 1. The molecule has 1 aliphatic rings. The molecule has 2 atom stereocenters. The van der Waals surface area contributed by atoms with E-state index in [9.17, 15) is 20.1 Å². The van der Waals surface area contributed by atoms with Crippen molar-refractivity contribution in [2.24, 2.45) is 0 Å². The van der Waals surface area contributed by atoms with Crippen LogP contribution in [-0.2, 0) is 9.78 Å². The molecular formula is C15H12O6. The first-order valence-electron chi connectivity index (χ1n) is 6.23. The monoisotopic (exact) mass is 288 g/mol. The van der Waals surface area contributed by atoms with Crippen LogP contribution in [0.2, 0.25) is 0 Å². The molecule has 2 aromatic rings. The molecule has 0 aromatic heterocycles. The number of ketones is 1. The number of Topliss-reactive ketones (excluding diaryl/α,β-unsaturated/α-hetero) is 1. The number of hydrogen-bond donors (Lipinski definition) is 3. The molecule has 6 heteroatoms. The number of carbonyl (C=O) groups is 1. The van der Waals surface area contributed by atoms with Crippen molar-refractivity contribution in [3.05, 3.63) is 53.6 Å². The maximum absolute atomic E-state index is 12.3. The van der Waals surface area contributed by atoms with E-state index in [-0.39, 0.29) is 22.8 Å². The van der Waals surface area contributed by atoms with Crippen molar-refractivity contribution in [3.8, 4) is 17.2 Å². The SMILES string of the molecule is O=C(c1ccc(O)cc1O)C1OOC1c1ccc(O)cc1. The standard InChI is InChI=1S/C15H12O6/c16-9-3-1-8(2-4-9)14-15(21-20-14)13(19)11-6-5-10(17)7-12(11)18/h1-7,14-18H. The summed E-state index contributed by atoms with van der Waals surface area (Å²) in [5.74, 6) is -0.792. The summed E-state index contributed by atoms with van der Waals surface area (Å²) in [6.07, 6.45) is -1.49. The van der Waals surface area contributed by atoms with Crippen LogP contribution in [0.3, 0.4) is 0 Å². The van der Waals surface area contributed by atoms with Crippen LogP contribution in [0.1, 0.15) is 22.0 Å². The molecule has 0 spiro atoms. The summed E-state index contributed by atoms with van der Waals surface area (Å²) in [5, 5.41) is 28.2. The Hall–Kier alpha value is -2.57. The predicted octanol–water partition coefficient (Wildman–Crippen LogP) is 2.06.